The van der Waals surface area contributed by atoms with Gasteiger partial charge in [-0.15, -0.1) is 0 Å². The Morgan fingerprint density at radius 1 is 0.605 bits per heavy atom. The van der Waals surface area contributed by atoms with Gasteiger partial charge in [0.1, 0.15) is 11.7 Å². The lowest BCUT2D eigenvalue weighted by molar-refractivity contribution is 0.671. The fourth-order valence-electron chi connectivity index (χ4n) is 7.09. The van der Waals surface area contributed by atoms with Gasteiger partial charge < -0.3 is 13.6 Å². The Labute approximate surface area is 246 Å². The van der Waals surface area contributed by atoms with E-state index in [0.717, 1.165) is 76.9 Å². The van der Waals surface area contributed by atoms with Gasteiger partial charge in [-0.3, -0.25) is 0 Å². The normalized spacial score (nSPS) is 15.6. The Bertz CT molecular complexity index is 2570. The SMILES string of the molecule is N#CC1=C(n2c3ccccc3c3ccc4c5ccccc5oc4c32)CC(C#N)C(n2c3ccccc3c3ccccc32)=C1. The maximum absolute atomic E-state index is 10.7. The summed E-state index contributed by atoms with van der Waals surface area (Å²) in [6.07, 6.45) is 2.31. The van der Waals surface area contributed by atoms with Crippen LogP contribution < -0.4 is 0 Å². The Hall–Kier alpha value is -6.04. The van der Waals surface area contributed by atoms with Crippen LogP contribution in [0.15, 0.2) is 125 Å². The molecule has 0 radical (unpaired) electrons. The van der Waals surface area contributed by atoms with Crippen LogP contribution in [0.2, 0.25) is 0 Å². The molecule has 3 heterocycles. The lowest BCUT2D eigenvalue weighted by Crippen LogP contribution is -2.16. The van der Waals surface area contributed by atoms with Crippen molar-refractivity contribution in [1.29, 1.82) is 10.5 Å². The van der Waals surface area contributed by atoms with Gasteiger partial charge in [0.25, 0.3) is 0 Å². The first-order chi connectivity index (χ1) is 21.3. The first kappa shape index (κ1) is 23.6. The van der Waals surface area contributed by atoms with Gasteiger partial charge in [0.15, 0.2) is 5.58 Å². The molecule has 1 aliphatic carbocycles. The minimum absolute atomic E-state index is 0.385. The molecule has 8 aromatic rings. The van der Waals surface area contributed by atoms with E-state index in [0.29, 0.717) is 12.0 Å². The molecule has 0 fully saturated rings. The highest BCUT2D eigenvalue weighted by molar-refractivity contribution is 6.22. The van der Waals surface area contributed by atoms with Crippen molar-refractivity contribution >= 4 is 76.9 Å². The molecule has 0 bridgehead atoms. The summed E-state index contributed by atoms with van der Waals surface area (Å²) < 4.78 is 10.8. The molecule has 9 rings (SSSR count). The van der Waals surface area contributed by atoms with Gasteiger partial charge in [-0.1, -0.05) is 78.9 Å². The summed E-state index contributed by atoms with van der Waals surface area (Å²) in [5.41, 5.74) is 7.72. The number of hydrogen-bond acceptors (Lipinski definition) is 3. The molecule has 1 aliphatic rings. The van der Waals surface area contributed by atoms with Gasteiger partial charge in [-0.2, -0.15) is 10.5 Å². The minimum atomic E-state index is -0.475. The maximum atomic E-state index is 10.7. The van der Waals surface area contributed by atoms with E-state index in [4.69, 9.17) is 4.42 Å². The van der Waals surface area contributed by atoms with E-state index in [1.807, 2.05) is 60.7 Å². The molecule has 1 atom stereocenters. The number of para-hydroxylation sites is 4. The molecular formula is C38H22N4O. The van der Waals surface area contributed by atoms with Crippen LogP contribution in [0.25, 0.3) is 76.9 Å². The van der Waals surface area contributed by atoms with Crippen molar-refractivity contribution in [3.63, 3.8) is 0 Å². The lowest BCUT2D eigenvalue weighted by Gasteiger charge is -2.25. The number of rotatable bonds is 2. The van der Waals surface area contributed by atoms with Gasteiger partial charge >= 0.3 is 0 Å². The summed E-state index contributed by atoms with van der Waals surface area (Å²) >= 11 is 0. The number of fused-ring (bicyclic) bond motifs is 10. The summed E-state index contributed by atoms with van der Waals surface area (Å²) in [6.45, 7) is 0. The van der Waals surface area contributed by atoms with Crippen LogP contribution in [0.5, 0.6) is 0 Å². The minimum Gasteiger partial charge on any atom is -0.454 e. The second-order valence-corrected chi connectivity index (χ2v) is 11.1. The number of hydrogen-bond donors (Lipinski definition) is 0. The predicted molar refractivity (Wildman–Crippen MR) is 173 cm³/mol. The molecule has 43 heavy (non-hydrogen) atoms. The monoisotopic (exact) mass is 550 g/mol. The predicted octanol–water partition coefficient (Wildman–Crippen LogP) is 9.62. The Morgan fingerprint density at radius 2 is 1.16 bits per heavy atom. The van der Waals surface area contributed by atoms with Crippen LogP contribution >= 0.6 is 0 Å². The van der Waals surface area contributed by atoms with E-state index in [1.165, 1.54) is 0 Å². The van der Waals surface area contributed by atoms with Crippen molar-refractivity contribution in [3.05, 3.63) is 121 Å². The second kappa shape index (κ2) is 8.73. The third kappa shape index (κ3) is 3.14. The van der Waals surface area contributed by atoms with Gasteiger partial charge in [0.2, 0.25) is 0 Å². The van der Waals surface area contributed by atoms with Crippen molar-refractivity contribution in [2.75, 3.05) is 0 Å². The van der Waals surface area contributed by atoms with Crippen LogP contribution in [-0.4, -0.2) is 9.13 Å². The molecule has 0 amide bonds. The fraction of sp³-hybridized carbons (Fsp3) is 0.0526. The first-order valence-electron chi connectivity index (χ1n) is 14.3. The summed E-state index contributed by atoms with van der Waals surface area (Å²) in [7, 11) is 0. The van der Waals surface area contributed by atoms with E-state index in [2.05, 4.69) is 75.9 Å². The number of nitriles is 2. The molecule has 0 aliphatic heterocycles. The van der Waals surface area contributed by atoms with Crippen LogP contribution in [0, 0.1) is 28.6 Å². The van der Waals surface area contributed by atoms with Gasteiger partial charge in [0.05, 0.1) is 39.6 Å². The standard InChI is InChI=1S/C38H22N4O/c39-21-23-20-35(24(22-40)19-34(23)41-31-13-5-1-9-25(31)26-10-2-6-14-32(26)41)42-33-15-7-3-11-27(33)29-17-18-30-28-12-4-8-16-36(28)43-38(30)37(29)42/h1-19,23H,20H2. The third-order valence-electron chi connectivity index (χ3n) is 8.92. The molecule has 0 spiro atoms. The molecule has 5 nitrogen and oxygen atoms in total. The molecule has 1 unspecified atom stereocenters. The molecule has 0 saturated heterocycles. The zero-order valence-corrected chi connectivity index (χ0v) is 23.0. The Kier molecular flexibility index (Phi) is 4.80. The third-order valence-corrected chi connectivity index (χ3v) is 8.92. The van der Waals surface area contributed by atoms with Crippen LogP contribution in [0.4, 0.5) is 0 Å². The zero-order chi connectivity index (χ0) is 28.7. The van der Waals surface area contributed by atoms with Crippen molar-refractivity contribution in [2.24, 2.45) is 5.92 Å². The average molecular weight is 551 g/mol. The summed E-state index contributed by atoms with van der Waals surface area (Å²) in [4.78, 5) is 0. The largest absolute Gasteiger partial charge is 0.454 e. The smallest absolute Gasteiger partial charge is 0.160 e. The van der Waals surface area contributed by atoms with Crippen LogP contribution in [0.3, 0.4) is 0 Å². The zero-order valence-electron chi connectivity index (χ0n) is 23.0. The highest BCUT2D eigenvalue weighted by Gasteiger charge is 2.30. The molecular weight excluding hydrogens is 528 g/mol. The summed E-state index contributed by atoms with van der Waals surface area (Å²) in [6, 6.07) is 42.2. The van der Waals surface area contributed by atoms with Crippen molar-refractivity contribution in [1.82, 2.24) is 9.13 Å². The van der Waals surface area contributed by atoms with Gasteiger partial charge in [-0.25, -0.2) is 0 Å². The number of aromatic nitrogens is 2. The van der Waals surface area contributed by atoms with E-state index in [-0.39, 0.29) is 0 Å². The fourth-order valence-corrected chi connectivity index (χ4v) is 7.09. The summed E-state index contributed by atoms with van der Waals surface area (Å²) in [5, 5.41) is 27.7. The van der Waals surface area contributed by atoms with E-state index in [1.54, 1.807) is 0 Å². The number of benzene rings is 5. The van der Waals surface area contributed by atoms with Crippen molar-refractivity contribution in [3.8, 4) is 12.1 Å². The summed E-state index contributed by atoms with van der Waals surface area (Å²) in [5.74, 6) is -0.475. The lowest BCUT2D eigenvalue weighted by atomic mass is 9.91. The second-order valence-electron chi connectivity index (χ2n) is 11.1. The number of furan rings is 1. The molecule has 5 aromatic carbocycles. The van der Waals surface area contributed by atoms with E-state index >= 15 is 0 Å². The Morgan fingerprint density at radius 3 is 1.81 bits per heavy atom. The van der Waals surface area contributed by atoms with E-state index < -0.39 is 5.92 Å². The molecule has 200 valence electrons. The maximum Gasteiger partial charge on any atom is 0.160 e. The van der Waals surface area contributed by atoms with Crippen LogP contribution in [-0.2, 0) is 0 Å². The molecule has 0 saturated carbocycles. The highest BCUT2D eigenvalue weighted by Crippen LogP contribution is 2.45. The average Bonchev–Trinajstić information content (AvgIpc) is 3.72. The van der Waals surface area contributed by atoms with Gasteiger partial charge in [0, 0.05) is 50.1 Å². The Balaban J connectivity index is 1.40. The number of nitrogens with zero attached hydrogens (tertiary/aromatic N) is 4. The highest BCUT2D eigenvalue weighted by atomic mass is 16.3. The number of allylic oxidation sites excluding steroid dienone is 4. The van der Waals surface area contributed by atoms with Gasteiger partial charge in [-0.05, 0) is 36.4 Å². The molecule has 5 heteroatoms. The topological polar surface area (TPSA) is 70.6 Å². The first-order valence-corrected chi connectivity index (χ1v) is 14.3. The van der Waals surface area contributed by atoms with E-state index in [9.17, 15) is 10.5 Å². The van der Waals surface area contributed by atoms with Crippen molar-refractivity contribution in [2.45, 2.75) is 6.42 Å². The van der Waals surface area contributed by atoms with Crippen molar-refractivity contribution < 1.29 is 4.42 Å². The molecule has 0 N–H and O–H groups in total. The molecule has 3 aromatic heterocycles. The quantitative estimate of drug-likeness (QED) is 0.215. The van der Waals surface area contributed by atoms with Crippen LogP contribution in [0.1, 0.15) is 6.42 Å².